The maximum Gasteiger partial charge on any atom is 0.416 e. The molecule has 0 unspecified atom stereocenters. The van der Waals surface area contributed by atoms with Crippen LogP contribution in [0.5, 0.6) is 0 Å². The number of benzene rings is 2. The number of hydrogen-bond donors (Lipinski definition) is 1. The number of amides is 2. The number of hydrogen-bond acceptors (Lipinski definition) is 2. The summed E-state index contributed by atoms with van der Waals surface area (Å²) in [6.07, 6.45) is -4.41. The minimum atomic E-state index is -4.41. The Balaban J connectivity index is 1.87. The third kappa shape index (κ3) is 5.30. The highest BCUT2D eigenvalue weighted by Crippen LogP contribution is 2.29. The van der Waals surface area contributed by atoms with Crippen molar-refractivity contribution in [2.24, 2.45) is 0 Å². The predicted molar refractivity (Wildman–Crippen MR) is 86.7 cm³/mol. The molecule has 26 heavy (non-hydrogen) atoms. The quantitative estimate of drug-likeness (QED) is 0.824. The number of halogens is 4. The number of nitrogens with one attached hydrogen (secondary N) is 1. The molecule has 2 rings (SSSR count). The van der Waals surface area contributed by atoms with Gasteiger partial charge in [-0.1, -0.05) is 12.1 Å². The zero-order chi connectivity index (χ0) is 19.3. The topological polar surface area (TPSA) is 49.4 Å². The lowest BCUT2D eigenvalue weighted by Crippen LogP contribution is -2.37. The second-order valence-electron chi connectivity index (χ2n) is 5.63. The lowest BCUT2D eigenvalue weighted by molar-refractivity contribution is -0.137. The first-order valence-electron chi connectivity index (χ1n) is 7.60. The summed E-state index contributed by atoms with van der Waals surface area (Å²) in [6.45, 7) is -0.184. The van der Waals surface area contributed by atoms with Gasteiger partial charge < -0.3 is 10.2 Å². The van der Waals surface area contributed by atoms with E-state index in [0.717, 1.165) is 24.3 Å². The normalized spacial score (nSPS) is 11.1. The molecule has 2 aromatic carbocycles. The van der Waals surface area contributed by atoms with Crippen LogP contribution in [0.3, 0.4) is 0 Å². The van der Waals surface area contributed by atoms with Crippen LogP contribution in [0.4, 0.5) is 17.6 Å². The third-order valence-electron chi connectivity index (χ3n) is 3.63. The summed E-state index contributed by atoms with van der Waals surface area (Å²) < 4.78 is 50.4. The summed E-state index contributed by atoms with van der Waals surface area (Å²) >= 11 is 0. The van der Waals surface area contributed by atoms with Gasteiger partial charge in [-0.15, -0.1) is 0 Å². The van der Waals surface area contributed by atoms with Crippen molar-refractivity contribution in [3.63, 3.8) is 0 Å². The smallest absolute Gasteiger partial charge is 0.343 e. The number of likely N-dealkylation sites (N-methyl/N-ethyl adjacent to an activating group) is 1. The van der Waals surface area contributed by atoms with Crippen LogP contribution in [0.2, 0.25) is 0 Å². The third-order valence-corrected chi connectivity index (χ3v) is 3.63. The van der Waals surface area contributed by atoms with Crippen LogP contribution in [0, 0.1) is 5.82 Å². The molecule has 8 heteroatoms. The molecule has 0 atom stereocenters. The van der Waals surface area contributed by atoms with Crippen molar-refractivity contribution in [2.45, 2.75) is 12.7 Å². The number of nitrogens with zero attached hydrogens (tertiary/aromatic N) is 1. The van der Waals surface area contributed by atoms with Crippen LogP contribution >= 0.6 is 0 Å². The lowest BCUT2D eigenvalue weighted by Gasteiger charge is -2.18. The molecule has 2 aromatic rings. The fraction of sp³-hybridized carbons (Fsp3) is 0.222. The van der Waals surface area contributed by atoms with Crippen molar-refractivity contribution < 1.29 is 27.2 Å². The Labute approximate surface area is 147 Å². The molecule has 0 heterocycles. The molecule has 0 aliphatic carbocycles. The van der Waals surface area contributed by atoms with E-state index in [0.29, 0.717) is 5.56 Å². The highest BCUT2D eigenvalue weighted by Gasteiger charge is 2.29. The molecule has 4 nitrogen and oxygen atoms in total. The van der Waals surface area contributed by atoms with Crippen molar-refractivity contribution >= 4 is 11.8 Å². The second kappa shape index (κ2) is 7.99. The van der Waals surface area contributed by atoms with Gasteiger partial charge in [0.25, 0.3) is 5.91 Å². The van der Waals surface area contributed by atoms with Crippen molar-refractivity contribution in [1.29, 1.82) is 0 Å². The molecule has 0 radical (unpaired) electrons. The van der Waals surface area contributed by atoms with Crippen molar-refractivity contribution in [3.05, 3.63) is 71.0 Å². The minimum absolute atomic E-state index is 0.101. The number of carbonyl (C=O) groups is 2. The minimum Gasteiger partial charge on any atom is -0.343 e. The van der Waals surface area contributed by atoms with Gasteiger partial charge in [0.1, 0.15) is 5.82 Å². The molecule has 0 saturated carbocycles. The van der Waals surface area contributed by atoms with Crippen molar-refractivity contribution in [1.82, 2.24) is 10.2 Å². The Bertz CT molecular complexity index is 771. The largest absolute Gasteiger partial charge is 0.416 e. The summed E-state index contributed by atoms with van der Waals surface area (Å²) in [5, 5.41) is 2.41. The standard InChI is InChI=1S/C18H16F4N2O2/c1-24(11-12-2-6-14(7-3-12)18(20,21)22)16(25)10-23-17(26)13-4-8-15(19)9-5-13/h2-9H,10-11H2,1H3,(H,23,26). The maximum absolute atomic E-state index is 12.8. The molecule has 0 aliphatic rings. The number of alkyl halides is 3. The number of carbonyl (C=O) groups excluding carboxylic acids is 2. The lowest BCUT2D eigenvalue weighted by atomic mass is 10.1. The van der Waals surface area contributed by atoms with Gasteiger partial charge in [0.05, 0.1) is 12.1 Å². The zero-order valence-electron chi connectivity index (χ0n) is 13.8. The van der Waals surface area contributed by atoms with Crippen LogP contribution in [0.25, 0.3) is 0 Å². The van der Waals surface area contributed by atoms with Crippen LogP contribution < -0.4 is 5.32 Å². The summed E-state index contributed by atoms with van der Waals surface area (Å²) in [5.41, 5.74) is -0.0231. The van der Waals surface area contributed by atoms with Gasteiger partial charge >= 0.3 is 6.18 Å². The summed E-state index contributed by atoms with van der Waals surface area (Å²) in [7, 11) is 1.48. The van der Waals surface area contributed by atoms with Crippen LogP contribution in [-0.2, 0) is 17.5 Å². The van der Waals surface area contributed by atoms with Gasteiger partial charge in [-0.2, -0.15) is 13.2 Å². The van der Waals surface area contributed by atoms with Crippen molar-refractivity contribution in [3.8, 4) is 0 Å². The van der Waals surface area contributed by atoms with E-state index < -0.39 is 29.4 Å². The fourth-order valence-corrected chi connectivity index (χ4v) is 2.16. The SMILES string of the molecule is CN(Cc1ccc(C(F)(F)F)cc1)C(=O)CNC(=O)c1ccc(F)cc1. The van der Waals surface area contributed by atoms with E-state index in [1.54, 1.807) is 0 Å². The Hall–Kier alpha value is -2.90. The van der Waals surface area contributed by atoms with Gasteiger partial charge in [0, 0.05) is 19.2 Å². The first kappa shape index (κ1) is 19.4. The van der Waals surface area contributed by atoms with E-state index in [9.17, 15) is 27.2 Å². The zero-order valence-corrected chi connectivity index (χ0v) is 13.8. The Morgan fingerprint density at radius 1 is 1.00 bits per heavy atom. The molecule has 0 aromatic heterocycles. The molecule has 0 bridgehead atoms. The average molecular weight is 368 g/mol. The molecule has 0 aliphatic heterocycles. The Morgan fingerprint density at radius 3 is 2.12 bits per heavy atom. The highest BCUT2D eigenvalue weighted by molar-refractivity contribution is 5.96. The second-order valence-corrected chi connectivity index (χ2v) is 5.63. The molecule has 0 fully saturated rings. The molecule has 0 spiro atoms. The van der Waals surface area contributed by atoms with E-state index in [1.807, 2.05) is 0 Å². The van der Waals surface area contributed by atoms with E-state index in [2.05, 4.69) is 5.32 Å². The number of rotatable bonds is 5. The molecule has 2 amide bonds. The first-order valence-corrected chi connectivity index (χ1v) is 7.60. The van der Waals surface area contributed by atoms with Gasteiger partial charge in [0.15, 0.2) is 0 Å². The fourth-order valence-electron chi connectivity index (χ4n) is 2.16. The summed E-state index contributed by atoms with van der Waals surface area (Å²) in [6, 6.07) is 9.34. The van der Waals surface area contributed by atoms with Crippen LogP contribution in [0.15, 0.2) is 48.5 Å². The molecular formula is C18H16F4N2O2. The molecular weight excluding hydrogens is 352 g/mol. The van der Waals surface area contributed by atoms with E-state index in [1.165, 1.54) is 36.2 Å². The first-order chi connectivity index (χ1) is 12.2. The monoisotopic (exact) mass is 368 g/mol. The van der Waals surface area contributed by atoms with Crippen LogP contribution in [-0.4, -0.2) is 30.3 Å². The average Bonchev–Trinajstić information content (AvgIpc) is 2.59. The highest BCUT2D eigenvalue weighted by atomic mass is 19.4. The maximum atomic E-state index is 12.8. The molecule has 0 saturated heterocycles. The Kier molecular flexibility index (Phi) is 5.97. The van der Waals surface area contributed by atoms with Gasteiger partial charge in [-0.25, -0.2) is 4.39 Å². The molecule has 138 valence electrons. The summed E-state index contributed by atoms with van der Waals surface area (Å²) in [4.78, 5) is 25.2. The van der Waals surface area contributed by atoms with Gasteiger partial charge in [-0.3, -0.25) is 9.59 Å². The van der Waals surface area contributed by atoms with E-state index in [-0.39, 0.29) is 18.7 Å². The van der Waals surface area contributed by atoms with Gasteiger partial charge in [0.2, 0.25) is 5.91 Å². The van der Waals surface area contributed by atoms with Gasteiger partial charge in [-0.05, 0) is 42.0 Å². The van der Waals surface area contributed by atoms with E-state index >= 15 is 0 Å². The van der Waals surface area contributed by atoms with Crippen LogP contribution in [0.1, 0.15) is 21.5 Å². The Morgan fingerprint density at radius 2 is 1.58 bits per heavy atom. The predicted octanol–water partition coefficient (Wildman–Crippen LogP) is 3.23. The van der Waals surface area contributed by atoms with Crippen molar-refractivity contribution in [2.75, 3.05) is 13.6 Å². The van der Waals surface area contributed by atoms with E-state index in [4.69, 9.17) is 0 Å². The molecule has 1 N–H and O–H groups in total. The summed E-state index contributed by atoms with van der Waals surface area (Å²) in [5.74, 6) is -1.42.